The molecule has 0 spiro atoms. The van der Waals surface area contributed by atoms with Crippen molar-refractivity contribution in [2.24, 2.45) is 5.73 Å². The normalized spacial score (nSPS) is 22.2. The maximum atomic E-state index is 6.21. The zero-order valence-corrected chi connectivity index (χ0v) is 12.6. The summed E-state index contributed by atoms with van der Waals surface area (Å²) < 4.78 is 5.92. The molecule has 0 amide bonds. The first-order valence-corrected chi connectivity index (χ1v) is 7.28. The maximum Gasteiger partial charge on any atom is 0.127 e. The summed E-state index contributed by atoms with van der Waals surface area (Å²) in [6.45, 7) is 12.1. The molecule has 1 unspecified atom stereocenters. The van der Waals surface area contributed by atoms with Gasteiger partial charge < -0.3 is 10.5 Å². The van der Waals surface area contributed by atoms with Gasteiger partial charge in [0.15, 0.2) is 0 Å². The average molecular weight is 262 g/mol. The van der Waals surface area contributed by atoms with Gasteiger partial charge in [-0.05, 0) is 32.5 Å². The molecule has 1 aromatic carbocycles. The lowest BCUT2D eigenvalue weighted by molar-refractivity contribution is 0.0570. The second kappa shape index (κ2) is 5.51. The third-order valence-electron chi connectivity index (χ3n) is 4.39. The van der Waals surface area contributed by atoms with E-state index in [0.29, 0.717) is 6.54 Å². The first-order chi connectivity index (χ1) is 9.08. The highest BCUT2D eigenvalue weighted by Gasteiger charge is 2.41. The number of aryl methyl sites for hydroxylation is 2. The van der Waals surface area contributed by atoms with Gasteiger partial charge in [0.25, 0.3) is 0 Å². The molecule has 0 saturated heterocycles. The summed E-state index contributed by atoms with van der Waals surface area (Å²) in [5.41, 5.74) is 9.93. The standard InChI is InChI=1S/C16H26N2O/c1-5-18(6-2)16(11-17)7-8-19-15-13(4)9-12(3)10-14(15)16/h9-10H,5-8,11,17H2,1-4H3. The fourth-order valence-corrected chi connectivity index (χ4v) is 3.45. The van der Waals surface area contributed by atoms with E-state index in [0.717, 1.165) is 31.9 Å². The van der Waals surface area contributed by atoms with Crippen molar-refractivity contribution in [3.8, 4) is 5.75 Å². The number of rotatable bonds is 4. The van der Waals surface area contributed by atoms with Crippen LogP contribution in [0.4, 0.5) is 0 Å². The fraction of sp³-hybridized carbons (Fsp3) is 0.625. The lowest BCUT2D eigenvalue weighted by Crippen LogP contribution is -2.53. The molecular formula is C16H26N2O. The highest BCUT2D eigenvalue weighted by molar-refractivity contribution is 5.49. The average Bonchev–Trinajstić information content (AvgIpc) is 2.40. The van der Waals surface area contributed by atoms with Gasteiger partial charge in [-0.15, -0.1) is 0 Å². The van der Waals surface area contributed by atoms with Crippen LogP contribution in [-0.4, -0.2) is 31.1 Å². The van der Waals surface area contributed by atoms with E-state index in [2.05, 4.69) is 44.7 Å². The van der Waals surface area contributed by atoms with Crippen molar-refractivity contribution in [2.45, 2.75) is 39.7 Å². The molecule has 19 heavy (non-hydrogen) atoms. The second-order valence-electron chi connectivity index (χ2n) is 5.46. The predicted octanol–water partition coefficient (Wildman–Crippen LogP) is 2.58. The van der Waals surface area contributed by atoms with Crippen LogP contribution in [0.1, 0.15) is 37.0 Å². The van der Waals surface area contributed by atoms with E-state index in [9.17, 15) is 0 Å². The number of likely N-dealkylation sites (N-methyl/N-ethyl adjacent to an activating group) is 1. The Hall–Kier alpha value is -1.06. The summed E-state index contributed by atoms with van der Waals surface area (Å²) in [5, 5.41) is 0. The molecule has 0 fully saturated rings. The van der Waals surface area contributed by atoms with Crippen molar-refractivity contribution in [3.05, 3.63) is 28.8 Å². The molecule has 1 heterocycles. The van der Waals surface area contributed by atoms with Gasteiger partial charge in [-0.3, -0.25) is 4.90 Å². The Kier molecular flexibility index (Phi) is 4.16. The van der Waals surface area contributed by atoms with Crippen molar-refractivity contribution >= 4 is 0 Å². The number of nitrogens with zero attached hydrogens (tertiary/aromatic N) is 1. The molecule has 106 valence electrons. The Bertz CT molecular complexity index is 454. The minimum Gasteiger partial charge on any atom is -0.493 e. The fourth-order valence-electron chi connectivity index (χ4n) is 3.45. The molecule has 0 radical (unpaired) electrons. The molecule has 2 N–H and O–H groups in total. The molecule has 0 aliphatic carbocycles. The van der Waals surface area contributed by atoms with E-state index in [-0.39, 0.29) is 5.54 Å². The van der Waals surface area contributed by atoms with Gasteiger partial charge in [0.2, 0.25) is 0 Å². The van der Waals surface area contributed by atoms with Crippen molar-refractivity contribution in [3.63, 3.8) is 0 Å². The van der Waals surface area contributed by atoms with E-state index in [4.69, 9.17) is 10.5 Å². The zero-order valence-electron chi connectivity index (χ0n) is 12.6. The minimum absolute atomic E-state index is 0.0616. The molecule has 1 aromatic rings. The highest BCUT2D eigenvalue weighted by atomic mass is 16.5. The molecule has 3 heteroatoms. The largest absolute Gasteiger partial charge is 0.493 e. The van der Waals surface area contributed by atoms with Gasteiger partial charge in [0.05, 0.1) is 12.1 Å². The molecule has 1 aliphatic heterocycles. The molecule has 2 rings (SSSR count). The summed E-state index contributed by atoms with van der Waals surface area (Å²) in [5.74, 6) is 1.05. The van der Waals surface area contributed by atoms with Gasteiger partial charge in [0.1, 0.15) is 5.75 Å². The Morgan fingerprint density at radius 2 is 1.95 bits per heavy atom. The topological polar surface area (TPSA) is 38.5 Å². The van der Waals surface area contributed by atoms with E-state index in [1.54, 1.807) is 0 Å². The minimum atomic E-state index is -0.0616. The molecule has 3 nitrogen and oxygen atoms in total. The molecule has 1 aliphatic rings. The van der Waals surface area contributed by atoms with Crippen LogP contribution in [0.5, 0.6) is 5.75 Å². The zero-order chi connectivity index (χ0) is 14.0. The molecule has 0 saturated carbocycles. The van der Waals surface area contributed by atoms with Crippen molar-refractivity contribution < 1.29 is 4.74 Å². The number of nitrogens with two attached hydrogens (primary N) is 1. The van der Waals surface area contributed by atoms with Crippen LogP contribution in [0.2, 0.25) is 0 Å². The summed E-state index contributed by atoms with van der Waals surface area (Å²) in [4.78, 5) is 2.48. The third-order valence-corrected chi connectivity index (χ3v) is 4.39. The Morgan fingerprint density at radius 1 is 1.26 bits per heavy atom. The van der Waals surface area contributed by atoms with Gasteiger partial charge in [-0.1, -0.05) is 31.5 Å². The van der Waals surface area contributed by atoms with Crippen LogP contribution in [0.3, 0.4) is 0 Å². The smallest absolute Gasteiger partial charge is 0.127 e. The Morgan fingerprint density at radius 3 is 2.53 bits per heavy atom. The number of benzene rings is 1. The van der Waals surface area contributed by atoms with E-state index in [1.807, 2.05) is 0 Å². The van der Waals surface area contributed by atoms with Crippen molar-refractivity contribution in [1.82, 2.24) is 4.90 Å². The summed E-state index contributed by atoms with van der Waals surface area (Å²) in [6.07, 6.45) is 0.973. The quantitative estimate of drug-likeness (QED) is 0.906. The van der Waals surface area contributed by atoms with Crippen LogP contribution >= 0.6 is 0 Å². The van der Waals surface area contributed by atoms with Crippen molar-refractivity contribution in [1.29, 1.82) is 0 Å². The van der Waals surface area contributed by atoms with Crippen LogP contribution in [0, 0.1) is 13.8 Å². The molecule has 0 bridgehead atoms. The van der Waals surface area contributed by atoms with Gasteiger partial charge in [-0.25, -0.2) is 0 Å². The van der Waals surface area contributed by atoms with Crippen LogP contribution in [0.15, 0.2) is 12.1 Å². The van der Waals surface area contributed by atoms with Crippen molar-refractivity contribution in [2.75, 3.05) is 26.2 Å². The van der Waals surface area contributed by atoms with Crippen LogP contribution < -0.4 is 10.5 Å². The lowest BCUT2D eigenvalue weighted by Gasteiger charge is -2.46. The monoisotopic (exact) mass is 262 g/mol. The second-order valence-corrected chi connectivity index (χ2v) is 5.46. The number of fused-ring (bicyclic) bond motifs is 1. The maximum absolute atomic E-state index is 6.21. The first kappa shape index (κ1) is 14.4. The van der Waals surface area contributed by atoms with E-state index in [1.165, 1.54) is 16.7 Å². The number of hydrogen-bond donors (Lipinski definition) is 1. The SMILES string of the molecule is CCN(CC)C1(CN)CCOc2c(C)cc(C)cc21. The highest BCUT2D eigenvalue weighted by Crippen LogP contribution is 2.42. The van der Waals surface area contributed by atoms with Gasteiger partial charge >= 0.3 is 0 Å². The lowest BCUT2D eigenvalue weighted by atomic mass is 9.81. The summed E-state index contributed by atoms with van der Waals surface area (Å²) in [6, 6.07) is 4.44. The third kappa shape index (κ3) is 2.26. The van der Waals surface area contributed by atoms with Gasteiger partial charge in [0, 0.05) is 18.5 Å². The van der Waals surface area contributed by atoms with E-state index >= 15 is 0 Å². The van der Waals surface area contributed by atoms with E-state index < -0.39 is 0 Å². The van der Waals surface area contributed by atoms with Crippen LogP contribution in [-0.2, 0) is 5.54 Å². The first-order valence-electron chi connectivity index (χ1n) is 7.28. The Labute approximate surface area is 116 Å². The number of ether oxygens (including phenoxy) is 1. The molecule has 1 atom stereocenters. The van der Waals surface area contributed by atoms with Crippen LogP contribution in [0.25, 0.3) is 0 Å². The van der Waals surface area contributed by atoms with Gasteiger partial charge in [-0.2, -0.15) is 0 Å². The Balaban J connectivity index is 2.61. The predicted molar refractivity (Wildman–Crippen MR) is 79.7 cm³/mol. The number of hydrogen-bond acceptors (Lipinski definition) is 3. The summed E-state index contributed by atoms with van der Waals surface area (Å²) >= 11 is 0. The summed E-state index contributed by atoms with van der Waals surface area (Å²) in [7, 11) is 0. The molecular weight excluding hydrogens is 236 g/mol. The molecule has 0 aromatic heterocycles.